The molecular weight excluding hydrogens is 424 g/mol. The predicted molar refractivity (Wildman–Crippen MR) is 128 cm³/mol. The molecule has 2 aromatic carbocycles. The van der Waals surface area contributed by atoms with E-state index in [2.05, 4.69) is 23.3 Å². The van der Waals surface area contributed by atoms with Crippen LogP contribution in [0.25, 0.3) is 0 Å². The summed E-state index contributed by atoms with van der Waals surface area (Å²) < 4.78 is 0. The highest BCUT2D eigenvalue weighted by atomic mass is 32.1. The molecule has 0 aromatic heterocycles. The zero-order valence-electron chi connectivity index (χ0n) is 18.6. The van der Waals surface area contributed by atoms with Gasteiger partial charge in [-0.15, -0.1) is 12.6 Å². The second kappa shape index (κ2) is 12.3. The summed E-state index contributed by atoms with van der Waals surface area (Å²) in [5.41, 5.74) is 1.93. The van der Waals surface area contributed by atoms with Crippen molar-refractivity contribution in [2.45, 2.75) is 56.9 Å². The van der Waals surface area contributed by atoms with Gasteiger partial charge in [0.25, 0.3) is 5.91 Å². The lowest BCUT2D eigenvalue weighted by molar-refractivity contribution is -0.142. The van der Waals surface area contributed by atoms with Gasteiger partial charge in [0.1, 0.15) is 6.04 Å². The predicted octanol–water partition coefficient (Wildman–Crippen LogP) is 3.61. The van der Waals surface area contributed by atoms with Crippen LogP contribution in [0.1, 0.15) is 44.2 Å². The zero-order chi connectivity index (χ0) is 23.6. The van der Waals surface area contributed by atoms with Crippen LogP contribution in [0.4, 0.5) is 0 Å². The van der Waals surface area contributed by atoms with Crippen LogP contribution in [-0.2, 0) is 27.2 Å². The van der Waals surface area contributed by atoms with Gasteiger partial charge in [-0.05, 0) is 36.3 Å². The fourth-order valence-corrected chi connectivity index (χ4v) is 4.06. The molecule has 0 saturated carbocycles. The number of carbonyl (C=O) groups excluding carboxylic acids is 2. The van der Waals surface area contributed by atoms with Crippen LogP contribution in [0.2, 0.25) is 0 Å². The topological polar surface area (TPSA) is 95.5 Å². The van der Waals surface area contributed by atoms with Gasteiger partial charge in [-0.25, -0.2) is 4.79 Å². The van der Waals surface area contributed by atoms with Gasteiger partial charge in [-0.3, -0.25) is 9.59 Å². The van der Waals surface area contributed by atoms with E-state index < -0.39 is 22.8 Å². The summed E-state index contributed by atoms with van der Waals surface area (Å²) in [4.78, 5) is 35.9. The van der Waals surface area contributed by atoms with Crippen molar-refractivity contribution in [1.82, 2.24) is 10.6 Å². The highest BCUT2D eigenvalue weighted by molar-refractivity contribution is 7.82. The van der Waals surface area contributed by atoms with Gasteiger partial charge in [0.2, 0.25) is 5.91 Å². The number of amides is 2. The van der Waals surface area contributed by atoms with Crippen molar-refractivity contribution >= 4 is 30.4 Å². The van der Waals surface area contributed by atoms with Crippen LogP contribution in [0, 0.1) is 5.92 Å². The molecule has 172 valence electrons. The average Bonchev–Trinajstić information content (AvgIpc) is 2.74. The average molecular weight is 457 g/mol. The van der Waals surface area contributed by atoms with Crippen LogP contribution in [0.5, 0.6) is 0 Å². The Balaban J connectivity index is 2.02. The molecule has 6 nitrogen and oxygen atoms in total. The first-order chi connectivity index (χ1) is 15.2. The van der Waals surface area contributed by atoms with E-state index >= 15 is 0 Å². The second-order valence-corrected chi connectivity index (χ2v) is 9.16. The third kappa shape index (κ3) is 8.38. The smallest absolute Gasteiger partial charge is 0.326 e. The van der Waals surface area contributed by atoms with Crippen LogP contribution in [0.3, 0.4) is 0 Å². The molecule has 2 aromatic rings. The third-order valence-corrected chi connectivity index (χ3v) is 5.52. The van der Waals surface area contributed by atoms with Crippen LogP contribution in [-0.4, -0.2) is 33.8 Å². The number of carboxylic acids is 1. The van der Waals surface area contributed by atoms with Gasteiger partial charge in [0.15, 0.2) is 4.87 Å². The van der Waals surface area contributed by atoms with Crippen molar-refractivity contribution in [3.05, 3.63) is 71.8 Å². The minimum absolute atomic E-state index is 0.0558. The Labute approximate surface area is 195 Å². The quantitative estimate of drug-likeness (QED) is 0.290. The van der Waals surface area contributed by atoms with Gasteiger partial charge in [-0.2, -0.15) is 0 Å². The molecule has 2 atom stereocenters. The number of carboxylic acid groups (broad SMARTS) is 1. The van der Waals surface area contributed by atoms with Crippen LogP contribution in [0.15, 0.2) is 60.7 Å². The van der Waals surface area contributed by atoms with Crippen molar-refractivity contribution in [2.75, 3.05) is 0 Å². The van der Waals surface area contributed by atoms with E-state index in [1.807, 2.05) is 62.4 Å². The first-order valence-corrected chi connectivity index (χ1v) is 11.3. The minimum Gasteiger partial charge on any atom is -0.480 e. The van der Waals surface area contributed by atoms with E-state index in [4.69, 9.17) is 0 Å². The lowest BCUT2D eigenvalue weighted by Gasteiger charge is -2.31. The molecule has 0 aliphatic carbocycles. The molecule has 0 fully saturated rings. The number of hydrogen-bond donors (Lipinski definition) is 4. The number of nitrogens with one attached hydrogen (secondary N) is 2. The van der Waals surface area contributed by atoms with Gasteiger partial charge < -0.3 is 15.7 Å². The number of benzene rings is 2. The number of hydrogen-bond acceptors (Lipinski definition) is 4. The Morgan fingerprint density at radius 2 is 1.53 bits per heavy atom. The summed E-state index contributed by atoms with van der Waals surface area (Å²) in [5.74, 6) is -1.99. The molecule has 0 aliphatic rings. The maximum absolute atomic E-state index is 13.1. The summed E-state index contributed by atoms with van der Waals surface area (Å²) in [7, 11) is 0. The van der Waals surface area contributed by atoms with E-state index in [-0.39, 0.29) is 31.1 Å². The number of rotatable bonds is 12. The molecule has 0 bridgehead atoms. The van der Waals surface area contributed by atoms with Crippen LogP contribution < -0.4 is 10.6 Å². The lowest BCUT2D eigenvalue weighted by atomic mass is 10.00. The molecule has 32 heavy (non-hydrogen) atoms. The normalized spacial score (nSPS) is 13.8. The van der Waals surface area contributed by atoms with Gasteiger partial charge in [-0.1, -0.05) is 74.5 Å². The van der Waals surface area contributed by atoms with E-state index in [0.29, 0.717) is 6.42 Å². The van der Waals surface area contributed by atoms with Gasteiger partial charge in [0.05, 0.1) is 0 Å². The third-order valence-electron chi connectivity index (χ3n) is 5.02. The molecule has 7 heteroatoms. The SMILES string of the molecule is CC(C)C[C@](S)(NC(=O)CCCc1ccccc1)C(=O)N[C@@H](Cc1ccccc1)C(=O)O. The molecule has 2 rings (SSSR count). The molecule has 2 amide bonds. The summed E-state index contributed by atoms with van der Waals surface area (Å²) in [6.07, 6.45) is 2.04. The Kier molecular flexibility index (Phi) is 9.78. The molecular formula is C25H32N2O4S. The summed E-state index contributed by atoms with van der Waals surface area (Å²) >= 11 is 4.52. The fraction of sp³-hybridized carbons (Fsp3) is 0.400. The summed E-state index contributed by atoms with van der Waals surface area (Å²) in [6.45, 7) is 3.83. The Bertz CT molecular complexity index is 889. The fourth-order valence-electron chi connectivity index (χ4n) is 3.51. The number of thiol groups is 1. The molecule has 0 aliphatic heterocycles. The highest BCUT2D eigenvalue weighted by Crippen LogP contribution is 2.23. The molecule has 0 heterocycles. The molecule has 0 saturated heterocycles. The Morgan fingerprint density at radius 1 is 0.969 bits per heavy atom. The first kappa shape index (κ1) is 25.5. The lowest BCUT2D eigenvalue weighted by Crippen LogP contribution is -2.59. The van der Waals surface area contributed by atoms with Gasteiger partial charge in [0, 0.05) is 12.8 Å². The van der Waals surface area contributed by atoms with Crippen molar-refractivity contribution in [2.24, 2.45) is 5.92 Å². The number of carbonyl (C=O) groups is 3. The minimum atomic E-state index is -1.50. The standard InChI is InChI=1S/C25H32N2O4S/c1-18(2)17-25(32,27-22(28)15-9-14-19-10-5-3-6-11-19)24(31)26-21(23(29)30)16-20-12-7-4-8-13-20/h3-8,10-13,18,21,32H,9,14-17H2,1-2H3,(H,26,31)(H,27,28)(H,29,30)/t21-,25+/m0/s1. The molecule has 0 radical (unpaired) electrons. The van der Waals surface area contributed by atoms with Gasteiger partial charge >= 0.3 is 5.97 Å². The second-order valence-electron chi connectivity index (χ2n) is 8.40. The van der Waals surface area contributed by atoms with E-state index in [1.54, 1.807) is 12.1 Å². The highest BCUT2D eigenvalue weighted by Gasteiger charge is 2.38. The van der Waals surface area contributed by atoms with Crippen molar-refractivity contribution in [3.8, 4) is 0 Å². The first-order valence-electron chi connectivity index (χ1n) is 10.8. The Morgan fingerprint density at radius 3 is 2.06 bits per heavy atom. The number of aliphatic carboxylic acids is 1. The maximum atomic E-state index is 13.1. The summed E-state index contributed by atoms with van der Waals surface area (Å²) in [6, 6.07) is 17.8. The van der Waals surface area contributed by atoms with E-state index in [0.717, 1.165) is 17.5 Å². The Hall–Kier alpha value is -2.80. The molecule has 0 spiro atoms. The maximum Gasteiger partial charge on any atom is 0.326 e. The monoisotopic (exact) mass is 456 g/mol. The van der Waals surface area contributed by atoms with Crippen molar-refractivity contribution < 1.29 is 19.5 Å². The van der Waals surface area contributed by atoms with Crippen molar-refractivity contribution in [3.63, 3.8) is 0 Å². The molecule has 0 unspecified atom stereocenters. The largest absolute Gasteiger partial charge is 0.480 e. The zero-order valence-corrected chi connectivity index (χ0v) is 19.5. The number of aryl methyl sites for hydroxylation is 1. The van der Waals surface area contributed by atoms with Crippen LogP contribution >= 0.6 is 12.6 Å². The van der Waals surface area contributed by atoms with E-state index in [1.165, 1.54) is 0 Å². The van der Waals surface area contributed by atoms with Crippen molar-refractivity contribution in [1.29, 1.82) is 0 Å². The van der Waals surface area contributed by atoms with E-state index in [9.17, 15) is 19.5 Å². The molecule has 3 N–H and O–H groups in total. The summed E-state index contributed by atoms with van der Waals surface area (Å²) in [5, 5.41) is 14.9.